The lowest BCUT2D eigenvalue weighted by Gasteiger charge is -2.17. The highest BCUT2D eigenvalue weighted by Gasteiger charge is 2.26. The van der Waals surface area contributed by atoms with Crippen molar-refractivity contribution in [2.75, 3.05) is 5.32 Å². The number of ether oxygens (including phenoxy) is 1. The van der Waals surface area contributed by atoms with Gasteiger partial charge < -0.3 is 10.1 Å². The molecular weight excluding hydrogens is 601 g/mol. The van der Waals surface area contributed by atoms with Crippen molar-refractivity contribution >= 4 is 62.0 Å². The van der Waals surface area contributed by atoms with Crippen molar-refractivity contribution in [2.45, 2.75) is 23.6 Å². The van der Waals surface area contributed by atoms with Crippen LogP contribution in [0, 0.1) is 25.5 Å². The Balaban J connectivity index is 1.48. The zero-order valence-electron chi connectivity index (χ0n) is 20.9. The molecule has 0 saturated heterocycles. The second-order valence-electron chi connectivity index (χ2n) is 8.55. The molecule has 0 fully saturated rings. The Hall–Kier alpha value is -3.57. The molecule has 0 radical (unpaired) electrons. The van der Waals surface area contributed by atoms with Crippen LogP contribution >= 0.6 is 35.4 Å². The lowest BCUT2D eigenvalue weighted by molar-refractivity contribution is 0.0969. The molecule has 0 heterocycles. The molecule has 0 aliphatic carbocycles. The summed E-state index contributed by atoms with van der Waals surface area (Å²) in [5.74, 6) is -2.29. The Morgan fingerprint density at radius 1 is 0.925 bits per heavy atom. The van der Waals surface area contributed by atoms with Crippen LogP contribution in [0.3, 0.4) is 0 Å². The molecule has 2 N–H and O–H groups in total. The van der Waals surface area contributed by atoms with Gasteiger partial charge in [0.05, 0.1) is 14.8 Å². The van der Waals surface area contributed by atoms with Gasteiger partial charge in [-0.15, -0.1) is 0 Å². The molecule has 0 aliphatic rings. The summed E-state index contributed by atoms with van der Waals surface area (Å²) in [7, 11) is -3.92. The molecule has 1 amide bonds. The van der Waals surface area contributed by atoms with Gasteiger partial charge in [-0.2, -0.15) is 0 Å². The monoisotopic (exact) mass is 620 g/mol. The Morgan fingerprint density at radius 3 is 2.12 bits per heavy atom. The van der Waals surface area contributed by atoms with E-state index in [1.54, 1.807) is 44.2 Å². The van der Waals surface area contributed by atoms with Crippen molar-refractivity contribution in [3.8, 4) is 11.5 Å². The molecule has 0 unspecified atom stereocenters. The van der Waals surface area contributed by atoms with E-state index in [-0.39, 0.29) is 19.9 Å². The van der Waals surface area contributed by atoms with Crippen LogP contribution in [0.15, 0.2) is 82.6 Å². The van der Waals surface area contributed by atoms with Gasteiger partial charge >= 0.3 is 0 Å². The topological polar surface area (TPSA) is 84.5 Å². The van der Waals surface area contributed by atoms with Gasteiger partial charge in [-0.25, -0.2) is 17.2 Å². The quantitative estimate of drug-likeness (QED) is 0.215. The number of carbonyl (C=O) groups is 1. The number of aryl methyl sites for hydroxylation is 1. The second kappa shape index (κ2) is 11.9. The maximum Gasteiger partial charge on any atom is 0.263 e. The maximum absolute atomic E-state index is 13.8. The molecule has 206 valence electrons. The third kappa shape index (κ3) is 6.26. The first-order valence-corrected chi connectivity index (χ1v) is 14.2. The van der Waals surface area contributed by atoms with Gasteiger partial charge in [-0.05, 0) is 98.4 Å². The first-order valence-electron chi connectivity index (χ1n) is 11.5. The largest absolute Gasteiger partial charge is 0.457 e. The van der Waals surface area contributed by atoms with E-state index in [9.17, 15) is 22.0 Å². The average molecular weight is 622 g/mol. The molecule has 6 nitrogen and oxygen atoms in total. The molecule has 4 rings (SSSR count). The number of benzene rings is 4. The molecule has 0 bridgehead atoms. The minimum atomic E-state index is -3.92. The Morgan fingerprint density at radius 2 is 1.52 bits per heavy atom. The first kappa shape index (κ1) is 29.4. The smallest absolute Gasteiger partial charge is 0.263 e. The van der Waals surface area contributed by atoms with Gasteiger partial charge in [0, 0.05) is 16.3 Å². The molecule has 4 aromatic rings. The molecule has 0 aliphatic heterocycles. The minimum Gasteiger partial charge on any atom is -0.457 e. The van der Waals surface area contributed by atoms with Crippen LogP contribution < -0.4 is 15.4 Å². The fraction of sp³-hybridized carbons (Fsp3) is 0.0714. The third-order valence-electron chi connectivity index (χ3n) is 5.75. The Bertz CT molecular complexity index is 1710. The van der Waals surface area contributed by atoms with Crippen molar-refractivity contribution in [3.05, 3.63) is 111 Å². The number of anilines is 1. The summed E-state index contributed by atoms with van der Waals surface area (Å²) in [5, 5.41) is 5.26. The normalized spacial score (nSPS) is 11.2. The van der Waals surface area contributed by atoms with Crippen LogP contribution in [0.2, 0.25) is 10.0 Å². The number of hydrogen-bond donors (Lipinski definition) is 2. The molecule has 0 aromatic heterocycles. The second-order valence-corrected chi connectivity index (χ2v) is 11.7. The van der Waals surface area contributed by atoms with Gasteiger partial charge in [0.1, 0.15) is 28.7 Å². The average Bonchev–Trinajstić information content (AvgIpc) is 2.88. The van der Waals surface area contributed by atoms with E-state index in [2.05, 4.69) is 10.6 Å². The number of amides is 1. The first-order chi connectivity index (χ1) is 18.9. The van der Waals surface area contributed by atoms with Gasteiger partial charge in [-0.3, -0.25) is 10.1 Å². The van der Waals surface area contributed by atoms with Gasteiger partial charge in [-0.1, -0.05) is 29.3 Å². The van der Waals surface area contributed by atoms with Crippen molar-refractivity contribution in [3.63, 3.8) is 0 Å². The molecule has 4 aromatic carbocycles. The van der Waals surface area contributed by atoms with Crippen LogP contribution in [-0.2, 0) is 9.84 Å². The van der Waals surface area contributed by atoms with Crippen LogP contribution in [0.4, 0.5) is 14.5 Å². The Labute approximate surface area is 244 Å². The predicted molar refractivity (Wildman–Crippen MR) is 154 cm³/mol. The van der Waals surface area contributed by atoms with Crippen molar-refractivity contribution in [2.24, 2.45) is 0 Å². The molecule has 0 spiro atoms. The molecule has 0 saturated carbocycles. The van der Waals surface area contributed by atoms with E-state index in [4.69, 9.17) is 40.2 Å². The molecule has 40 heavy (non-hydrogen) atoms. The Kier molecular flexibility index (Phi) is 8.74. The highest BCUT2D eigenvalue weighted by Crippen LogP contribution is 2.39. The fourth-order valence-corrected chi connectivity index (χ4v) is 6.25. The standard InChI is InChI=1S/C28H20Cl2F2N2O4S2/c1-15-14-23(16(2)25(30)26(15)40(36,37)20-12-6-17(29)7-13-20)38-19-10-8-18(9-11-19)33-28(39)34-27(35)24-21(31)4-3-5-22(24)32/h3-14H,1-2H3,(H2,33,34,35,39). The summed E-state index contributed by atoms with van der Waals surface area (Å²) in [6.07, 6.45) is 0. The molecular formula is C28H20Cl2F2N2O4S2. The van der Waals surface area contributed by atoms with Crippen LogP contribution in [0.25, 0.3) is 0 Å². The van der Waals surface area contributed by atoms with E-state index < -0.39 is 32.9 Å². The molecule has 12 heteroatoms. The summed E-state index contributed by atoms with van der Waals surface area (Å²) >= 11 is 17.5. The summed E-state index contributed by atoms with van der Waals surface area (Å²) in [4.78, 5) is 12.3. The zero-order chi connectivity index (χ0) is 29.2. The summed E-state index contributed by atoms with van der Waals surface area (Å²) in [6, 6.07) is 16.9. The van der Waals surface area contributed by atoms with E-state index >= 15 is 0 Å². The summed E-state index contributed by atoms with van der Waals surface area (Å²) < 4.78 is 60.2. The highest BCUT2D eigenvalue weighted by molar-refractivity contribution is 7.91. The number of hydrogen-bond acceptors (Lipinski definition) is 5. The summed E-state index contributed by atoms with van der Waals surface area (Å²) in [6.45, 7) is 3.27. The van der Waals surface area contributed by atoms with E-state index in [0.717, 1.165) is 18.2 Å². The SMILES string of the molecule is Cc1cc(Oc2ccc(NC(=S)NC(=O)c3c(F)cccc3F)cc2)c(C)c(Cl)c1S(=O)(=O)c1ccc(Cl)cc1. The lowest BCUT2D eigenvalue weighted by Crippen LogP contribution is -2.35. The van der Waals surface area contributed by atoms with Crippen molar-refractivity contribution in [1.82, 2.24) is 5.32 Å². The number of halogens is 4. The number of sulfone groups is 1. The third-order valence-corrected chi connectivity index (χ3v) is 8.75. The zero-order valence-corrected chi connectivity index (χ0v) is 24.0. The number of nitrogens with one attached hydrogen (secondary N) is 2. The summed E-state index contributed by atoms with van der Waals surface area (Å²) in [5.41, 5.74) is 0.534. The lowest BCUT2D eigenvalue weighted by atomic mass is 10.1. The van der Waals surface area contributed by atoms with E-state index in [0.29, 0.717) is 33.3 Å². The number of carbonyl (C=O) groups excluding carboxylic acids is 1. The van der Waals surface area contributed by atoms with Crippen molar-refractivity contribution in [1.29, 1.82) is 0 Å². The van der Waals surface area contributed by atoms with Gasteiger partial charge in [0.2, 0.25) is 9.84 Å². The van der Waals surface area contributed by atoms with Gasteiger partial charge in [0.15, 0.2) is 5.11 Å². The molecule has 0 atom stereocenters. The van der Waals surface area contributed by atoms with E-state index in [1.165, 1.54) is 24.3 Å². The van der Waals surface area contributed by atoms with Crippen molar-refractivity contribution < 1.29 is 26.7 Å². The van der Waals surface area contributed by atoms with Crippen LogP contribution in [-0.4, -0.2) is 19.4 Å². The van der Waals surface area contributed by atoms with Crippen LogP contribution in [0.5, 0.6) is 11.5 Å². The maximum atomic E-state index is 13.8. The number of thiocarbonyl (C=S) groups is 1. The number of rotatable bonds is 6. The highest BCUT2D eigenvalue weighted by atomic mass is 35.5. The van der Waals surface area contributed by atoms with E-state index in [1.807, 2.05) is 0 Å². The van der Waals surface area contributed by atoms with Gasteiger partial charge in [0.25, 0.3) is 5.91 Å². The fourth-order valence-electron chi connectivity index (χ4n) is 3.77. The predicted octanol–water partition coefficient (Wildman–Crippen LogP) is 7.64. The van der Waals surface area contributed by atoms with Crippen LogP contribution in [0.1, 0.15) is 21.5 Å². The minimum absolute atomic E-state index is 0.0216.